The van der Waals surface area contributed by atoms with Crippen LogP contribution in [0.15, 0.2) is 22.6 Å². The first-order valence-corrected chi connectivity index (χ1v) is 3.84. The molecule has 0 aromatic carbocycles. The van der Waals surface area contributed by atoms with Crippen LogP contribution in [0.1, 0.15) is 13.8 Å². The first-order valence-electron chi connectivity index (χ1n) is 3.84. The largest absolute Gasteiger partial charge is 0.319 e. The molecule has 4 heteroatoms. The smallest absolute Gasteiger partial charge is 0.229 e. The second-order valence-electron chi connectivity index (χ2n) is 2.97. The highest BCUT2D eigenvalue weighted by atomic mass is 15.3. The number of hydrogen-bond acceptors (Lipinski definition) is 2. The molecule has 0 saturated heterocycles. The Morgan fingerprint density at radius 2 is 1.67 bits per heavy atom. The maximum Gasteiger partial charge on any atom is 0.229 e. The maximum atomic E-state index is 4.08. The molecule has 0 amide bonds. The zero-order valence-electron chi connectivity index (χ0n) is 7.94. The summed E-state index contributed by atoms with van der Waals surface area (Å²) in [6.07, 6.45) is 3.89. The van der Waals surface area contributed by atoms with Crippen LogP contribution in [0.2, 0.25) is 0 Å². The number of nitrogens with zero attached hydrogens (tertiary/aromatic N) is 4. The molecule has 0 spiro atoms. The molecule has 0 radical (unpaired) electrons. The molecule has 66 valence electrons. The van der Waals surface area contributed by atoms with Gasteiger partial charge in [-0.25, -0.2) is 0 Å². The standard InChI is InChI=1S/C8H14N4/c1-7(2)9-10-8-11(3)5-6-12(8)4/h5-6H,1-4H3. The number of hydrogen-bond donors (Lipinski definition) is 0. The minimum absolute atomic E-state index is 0.844. The van der Waals surface area contributed by atoms with E-state index in [-0.39, 0.29) is 0 Å². The Kier molecular flexibility index (Phi) is 2.47. The molecule has 0 aliphatic carbocycles. The van der Waals surface area contributed by atoms with E-state index < -0.39 is 0 Å². The lowest BCUT2D eigenvalue weighted by atomic mass is 10.5. The zero-order chi connectivity index (χ0) is 9.14. The summed E-state index contributed by atoms with van der Waals surface area (Å²) >= 11 is 0. The van der Waals surface area contributed by atoms with Crippen molar-refractivity contribution in [2.45, 2.75) is 13.8 Å². The van der Waals surface area contributed by atoms with E-state index in [9.17, 15) is 0 Å². The van der Waals surface area contributed by atoms with Gasteiger partial charge in [0.25, 0.3) is 0 Å². The molecular weight excluding hydrogens is 152 g/mol. The van der Waals surface area contributed by atoms with Gasteiger partial charge in [-0.2, -0.15) is 5.10 Å². The van der Waals surface area contributed by atoms with E-state index in [1.807, 2.05) is 49.5 Å². The number of rotatable bonds is 1. The third-order valence-corrected chi connectivity index (χ3v) is 1.48. The molecule has 0 saturated carbocycles. The Labute approximate surface area is 71.9 Å². The topological polar surface area (TPSA) is 34.6 Å². The highest BCUT2D eigenvalue weighted by molar-refractivity contribution is 5.78. The van der Waals surface area contributed by atoms with Crippen molar-refractivity contribution in [3.63, 3.8) is 0 Å². The Bertz CT molecular complexity index is 327. The zero-order valence-corrected chi connectivity index (χ0v) is 7.94. The minimum atomic E-state index is 0.844. The van der Waals surface area contributed by atoms with Crippen molar-refractivity contribution in [1.29, 1.82) is 0 Å². The van der Waals surface area contributed by atoms with E-state index in [0.717, 1.165) is 11.3 Å². The molecule has 1 aromatic rings. The maximum absolute atomic E-state index is 4.08. The molecule has 0 N–H and O–H groups in total. The van der Waals surface area contributed by atoms with Gasteiger partial charge in [0.2, 0.25) is 5.62 Å². The Hall–Kier alpha value is -1.32. The van der Waals surface area contributed by atoms with Crippen molar-refractivity contribution in [3.05, 3.63) is 18.0 Å². The second kappa shape index (κ2) is 3.38. The van der Waals surface area contributed by atoms with Crippen molar-refractivity contribution in [2.75, 3.05) is 0 Å². The quantitative estimate of drug-likeness (QED) is 0.434. The van der Waals surface area contributed by atoms with E-state index >= 15 is 0 Å². The third-order valence-electron chi connectivity index (χ3n) is 1.48. The van der Waals surface area contributed by atoms with Gasteiger partial charge in [-0.1, -0.05) is 0 Å². The van der Waals surface area contributed by atoms with Gasteiger partial charge in [0.1, 0.15) is 0 Å². The van der Waals surface area contributed by atoms with Gasteiger partial charge >= 0.3 is 0 Å². The van der Waals surface area contributed by atoms with Crippen LogP contribution in [-0.4, -0.2) is 14.8 Å². The second-order valence-corrected chi connectivity index (χ2v) is 2.97. The highest BCUT2D eigenvalue weighted by Gasteiger charge is 1.90. The van der Waals surface area contributed by atoms with Crippen molar-refractivity contribution >= 4 is 5.71 Å². The molecule has 1 heterocycles. The van der Waals surface area contributed by atoms with E-state index in [1.165, 1.54) is 0 Å². The van der Waals surface area contributed by atoms with Gasteiger partial charge in [0.15, 0.2) is 0 Å². The van der Waals surface area contributed by atoms with Crippen molar-refractivity contribution in [1.82, 2.24) is 9.13 Å². The molecule has 1 aromatic heterocycles. The molecule has 0 bridgehead atoms. The van der Waals surface area contributed by atoms with Gasteiger partial charge in [0.05, 0.1) is 0 Å². The van der Waals surface area contributed by atoms with Gasteiger partial charge in [-0.15, -0.1) is 5.10 Å². The van der Waals surface area contributed by atoms with Crippen LogP contribution in [0.3, 0.4) is 0 Å². The van der Waals surface area contributed by atoms with Crippen LogP contribution >= 0.6 is 0 Å². The lowest BCUT2D eigenvalue weighted by Crippen LogP contribution is -2.21. The molecule has 0 aliphatic rings. The lowest BCUT2D eigenvalue weighted by Gasteiger charge is -1.91. The molecule has 4 nitrogen and oxygen atoms in total. The average Bonchev–Trinajstić information content (AvgIpc) is 2.28. The summed E-state index contributed by atoms with van der Waals surface area (Å²) in [7, 11) is 3.89. The molecular formula is C8H14N4. The Balaban J connectivity index is 3.17. The summed E-state index contributed by atoms with van der Waals surface area (Å²) < 4.78 is 3.85. The summed E-state index contributed by atoms with van der Waals surface area (Å²) in [6.45, 7) is 3.85. The molecule has 0 aliphatic heterocycles. The van der Waals surface area contributed by atoms with E-state index in [4.69, 9.17) is 0 Å². The summed E-state index contributed by atoms with van der Waals surface area (Å²) in [5, 5.41) is 8.07. The fourth-order valence-corrected chi connectivity index (χ4v) is 0.868. The minimum Gasteiger partial charge on any atom is -0.319 e. The van der Waals surface area contributed by atoms with Gasteiger partial charge < -0.3 is 9.13 Å². The predicted octanol–water partition coefficient (Wildman–Crippen LogP) is 0.660. The summed E-state index contributed by atoms with van der Waals surface area (Å²) in [5.41, 5.74) is 1.80. The molecule has 0 fully saturated rings. The number of aromatic nitrogens is 2. The Morgan fingerprint density at radius 3 is 2.08 bits per heavy atom. The third kappa shape index (κ3) is 1.84. The lowest BCUT2D eigenvalue weighted by molar-refractivity contribution is 0.727. The number of aryl methyl sites for hydroxylation is 2. The molecule has 0 atom stereocenters. The number of imidazole rings is 1. The normalized spacial score (nSPS) is 9.67. The predicted molar refractivity (Wildman–Crippen MR) is 48.7 cm³/mol. The molecule has 1 rings (SSSR count). The fourth-order valence-electron chi connectivity index (χ4n) is 0.868. The van der Waals surface area contributed by atoms with Crippen LogP contribution < -0.4 is 5.62 Å². The average molecular weight is 166 g/mol. The first kappa shape index (κ1) is 8.77. The van der Waals surface area contributed by atoms with Gasteiger partial charge in [0, 0.05) is 32.2 Å². The van der Waals surface area contributed by atoms with E-state index in [1.54, 1.807) is 0 Å². The first-order chi connectivity index (χ1) is 5.61. The van der Waals surface area contributed by atoms with Crippen molar-refractivity contribution in [3.8, 4) is 0 Å². The van der Waals surface area contributed by atoms with Crippen LogP contribution in [0.5, 0.6) is 0 Å². The van der Waals surface area contributed by atoms with Crippen molar-refractivity contribution in [2.24, 2.45) is 24.3 Å². The van der Waals surface area contributed by atoms with Crippen LogP contribution in [0, 0.1) is 0 Å². The van der Waals surface area contributed by atoms with Crippen molar-refractivity contribution < 1.29 is 0 Å². The monoisotopic (exact) mass is 166 g/mol. The molecule has 12 heavy (non-hydrogen) atoms. The summed E-state index contributed by atoms with van der Waals surface area (Å²) in [6, 6.07) is 0. The van der Waals surface area contributed by atoms with Crippen LogP contribution in [-0.2, 0) is 14.1 Å². The van der Waals surface area contributed by atoms with Crippen LogP contribution in [0.25, 0.3) is 0 Å². The summed E-state index contributed by atoms with van der Waals surface area (Å²) in [5.74, 6) is 0. The Morgan fingerprint density at radius 1 is 1.17 bits per heavy atom. The van der Waals surface area contributed by atoms with Gasteiger partial charge in [-0.3, -0.25) is 0 Å². The van der Waals surface area contributed by atoms with Crippen LogP contribution in [0.4, 0.5) is 0 Å². The summed E-state index contributed by atoms with van der Waals surface area (Å²) in [4.78, 5) is 0. The van der Waals surface area contributed by atoms with E-state index in [0.29, 0.717) is 0 Å². The SMILES string of the molecule is CC(C)=NN=c1n(C)ccn1C. The highest BCUT2D eigenvalue weighted by Crippen LogP contribution is 1.79. The van der Waals surface area contributed by atoms with Gasteiger partial charge in [-0.05, 0) is 13.8 Å². The van der Waals surface area contributed by atoms with E-state index in [2.05, 4.69) is 10.2 Å². The molecule has 0 unspecified atom stereocenters. The fraction of sp³-hybridized carbons (Fsp3) is 0.500.